The highest BCUT2D eigenvalue weighted by atomic mass is 32.1. The fourth-order valence-electron chi connectivity index (χ4n) is 2.80. The molecule has 0 aliphatic heterocycles. The van der Waals surface area contributed by atoms with Gasteiger partial charge in [-0.25, -0.2) is 0 Å². The molecule has 1 unspecified atom stereocenters. The van der Waals surface area contributed by atoms with Crippen molar-refractivity contribution in [2.24, 2.45) is 0 Å². The Morgan fingerprint density at radius 2 is 2.08 bits per heavy atom. The number of hydrogen-bond donors (Lipinski definition) is 1. The first-order valence-corrected chi connectivity index (χ1v) is 9.23. The van der Waals surface area contributed by atoms with Crippen LogP contribution < -0.4 is 10.1 Å². The molecule has 0 radical (unpaired) electrons. The van der Waals surface area contributed by atoms with Crippen molar-refractivity contribution < 1.29 is 9.53 Å². The van der Waals surface area contributed by atoms with E-state index in [1.54, 1.807) is 18.4 Å². The smallest absolute Gasteiger partial charge is 0.234 e. The van der Waals surface area contributed by atoms with Gasteiger partial charge in [-0.1, -0.05) is 18.2 Å². The lowest BCUT2D eigenvalue weighted by atomic mass is 10.2. The molecule has 1 aliphatic rings. The van der Waals surface area contributed by atoms with E-state index in [4.69, 9.17) is 4.74 Å². The standard InChI is InChI=1S/C19H24N2O2S/c1-14(18-4-3-11-24-18)20-19(22)13-21(16-7-8-16)12-15-5-9-17(23-2)10-6-15/h3-6,9-11,14,16H,7-8,12-13H2,1-2H3,(H,20,22). The van der Waals surface area contributed by atoms with Crippen LogP contribution in [0.4, 0.5) is 0 Å². The molecule has 1 fully saturated rings. The summed E-state index contributed by atoms with van der Waals surface area (Å²) < 4.78 is 5.20. The van der Waals surface area contributed by atoms with Gasteiger partial charge in [0.2, 0.25) is 5.91 Å². The number of ether oxygens (including phenoxy) is 1. The van der Waals surface area contributed by atoms with Gasteiger partial charge in [0, 0.05) is 17.5 Å². The first kappa shape index (κ1) is 17.0. The summed E-state index contributed by atoms with van der Waals surface area (Å²) in [4.78, 5) is 15.9. The second-order valence-corrected chi connectivity index (χ2v) is 7.27. The highest BCUT2D eigenvalue weighted by Crippen LogP contribution is 2.28. The molecule has 2 aromatic rings. The minimum atomic E-state index is 0.0690. The summed E-state index contributed by atoms with van der Waals surface area (Å²) in [5.41, 5.74) is 1.21. The van der Waals surface area contributed by atoms with Gasteiger partial charge in [-0.3, -0.25) is 9.69 Å². The fourth-order valence-corrected chi connectivity index (χ4v) is 3.53. The van der Waals surface area contributed by atoms with Gasteiger partial charge < -0.3 is 10.1 Å². The second-order valence-electron chi connectivity index (χ2n) is 6.29. The van der Waals surface area contributed by atoms with Crippen molar-refractivity contribution in [3.05, 3.63) is 52.2 Å². The van der Waals surface area contributed by atoms with E-state index < -0.39 is 0 Å². The molecule has 0 bridgehead atoms. The van der Waals surface area contributed by atoms with Gasteiger partial charge in [0.25, 0.3) is 0 Å². The molecule has 1 saturated carbocycles. The van der Waals surface area contributed by atoms with Gasteiger partial charge in [-0.05, 0) is 48.9 Å². The van der Waals surface area contributed by atoms with E-state index in [-0.39, 0.29) is 11.9 Å². The zero-order chi connectivity index (χ0) is 16.9. The monoisotopic (exact) mass is 344 g/mol. The summed E-state index contributed by atoms with van der Waals surface area (Å²) in [6.45, 7) is 3.29. The van der Waals surface area contributed by atoms with Gasteiger partial charge in [0.15, 0.2) is 0 Å². The minimum absolute atomic E-state index is 0.0690. The Balaban J connectivity index is 1.56. The Kier molecular flexibility index (Phi) is 5.53. The highest BCUT2D eigenvalue weighted by Gasteiger charge is 2.30. The lowest BCUT2D eigenvalue weighted by Crippen LogP contribution is -2.38. The number of hydrogen-bond acceptors (Lipinski definition) is 4. The van der Waals surface area contributed by atoms with Crippen LogP contribution in [-0.4, -0.2) is 30.5 Å². The number of methoxy groups -OCH3 is 1. The van der Waals surface area contributed by atoms with Crippen LogP contribution in [0.5, 0.6) is 5.75 Å². The number of carbonyl (C=O) groups is 1. The number of nitrogens with one attached hydrogen (secondary N) is 1. The molecule has 1 aromatic carbocycles. The zero-order valence-corrected chi connectivity index (χ0v) is 15.0. The van der Waals surface area contributed by atoms with E-state index >= 15 is 0 Å². The molecule has 0 saturated heterocycles. The molecule has 1 aromatic heterocycles. The van der Waals surface area contributed by atoms with Gasteiger partial charge >= 0.3 is 0 Å². The summed E-state index contributed by atoms with van der Waals surface area (Å²) >= 11 is 1.68. The second kappa shape index (κ2) is 7.81. The molecule has 24 heavy (non-hydrogen) atoms. The largest absolute Gasteiger partial charge is 0.497 e. The van der Waals surface area contributed by atoms with Crippen LogP contribution in [0.2, 0.25) is 0 Å². The number of benzene rings is 1. The van der Waals surface area contributed by atoms with Crippen molar-refractivity contribution in [2.75, 3.05) is 13.7 Å². The highest BCUT2D eigenvalue weighted by molar-refractivity contribution is 7.10. The predicted molar refractivity (Wildman–Crippen MR) is 97.3 cm³/mol. The van der Waals surface area contributed by atoms with E-state index in [2.05, 4.69) is 28.4 Å². The van der Waals surface area contributed by atoms with Crippen molar-refractivity contribution in [3.63, 3.8) is 0 Å². The molecule has 3 rings (SSSR count). The third-order valence-corrected chi connectivity index (χ3v) is 5.36. The normalized spacial score (nSPS) is 15.3. The molecule has 4 nitrogen and oxygen atoms in total. The molecule has 128 valence electrons. The molecular weight excluding hydrogens is 320 g/mol. The van der Waals surface area contributed by atoms with Gasteiger partial charge in [-0.2, -0.15) is 0 Å². The van der Waals surface area contributed by atoms with E-state index in [1.807, 2.05) is 30.5 Å². The average molecular weight is 344 g/mol. The van der Waals surface area contributed by atoms with Gasteiger partial charge in [0.1, 0.15) is 5.75 Å². The molecule has 1 N–H and O–H groups in total. The van der Waals surface area contributed by atoms with Crippen molar-refractivity contribution in [2.45, 2.75) is 38.4 Å². The minimum Gasteiger partial charge on any atom is -0.497 e. The molecular formula is C19H24N2O2S. The Morgan fingerprint density at radius 1 is 1.33 bits per heavy atom. The van der Waals surface area contributed by atoms with Crippen LogP contribution in [0.3, 0.4) is 0 Å². The maximum Gasteiger partial charge on any atom is 0.234 e. The molecule has 0 spiro atoms. The molecule has 1 amide bonds. The maximum absolute atomic E-state index is 12.4. The molecule has 1 atom stereocenters. The van der Waals surface area contributed by atoms with Crippen LogP contribution in [0.15, 0.2) is 41.8 Å². The van der Waals surface area contributed by atoms with E-state index in [0.717, 1.165) is 12.3 Å². The number of rotatable bonds is 8. The van der Waals surface area contributed by atoms with Crippen molar-refractivity contribution in [1.82, 2.24) is 10.2 Å². The Bertz CT molecular complexity index is 651. The lowest BCUT2D eigenvalue weighted by molar-refractivity contribution is -0.123. The number of nitrogens with zero attached hydrogens (tertiary/aromatic N) is 1. The Labute approximate surface area is 147 Å². The van der Waals surface area contributed by atoms with Crippen LogP contribution >= 0.6 is 11.3 Å². The van der Waals surface area contributed by atoms with Crippen LogP contribution in [0.1, 0.15) is 36.2 Å². The van der Waals surface area contributed by atoms with Crippen LogP contribution in [-0.2, 0) is 11.3 Å². The van der Waals surface area contributed by atoms with E-state index in [9.17, 15) is 4.79 Å². The molecule has 1 aliphatic carbocycles. The SMILES string of the molecule is COc1ccc(CN(CC(=O)NC(C)c2cccs2)C2CC2)cc1. The summed E-state index contributed by atoms with van der Waals surface area (Å²) in [6.07, 6.45) is 2.37. The third kappa shape index (κ3) is 4.58. The fraction of sp³-hybridized carbons (Fsp3) is 0.421. The molecule has 5 heteroatoms. The van der Waals surface area contributed by atoms with Gasteiger partial charge in [0.05, 0.1) is 19.7 Å². The maximum atomic E-state index is 12.4. The van der Waals surface area contributed by atoms with Crippen LogP contribution in [0.25, 0.3) is 0 Å². The van der Waals surface area contributed by atoms with Crippen molar-refractivity contribution >= 4 is 17.2 Å². The number of carbonyl (C=O) groups excluding carboxylic acids is 1. The number of amides is 1. The van der Waals surface area contributed by atoms with Crippen LogP contribution in [0, 0.1) is 0 Å². The predicted octanol–water partition coefficient (Wildman–Crippen LogP) is 3.60. The van der Waals surface area contributed by atoms with E-state index in [0.29, 0.717) is 12.6 Å². The summed E-state index contributed by atoms with van der Waals surface area (Å²) in [5, 5.41) is 5.15. The van der Waals surface area contributed by atoms with Gasteiger partial charge in [-0.15, -0.1) is 11.3 Å². The van der Waals surface area contributed by atoms with Crippen molar-refractivity contribution in [1.29, 1.82) is 0 Å². The Hall–Kier alpha value is -1.85. The first-order valence-electron chi connectivity index (χ1n) is 8.35. The topological polar surface area (TPSA) is 41.6 Å². The third-order valence-electron chi connectivity index (χ3n) is 4.30. The van der Waals surface area contributed by atoms with E-state index in [1.165, 1.54) is 23.3 Å². The molecule has 1 heterocycles. The quantitative estimate of drug-likeness (QED) is 0.795. The first-order chi connectivity index (χ1) is 11.7. The number of thiophene rings is 1. The average Bonchev–Trinajstić information content (AvgIpc) is 3.28. The Morgan fingerprint density at radius 3 is 2.67 bits per heavy atom. The van der Waals surface area contributed by atoms with Crippen molar-refractivity contribution in [3.8, 4) is 5.75 Å². The summed E-state index contributed by atoms with van der Waals surface area (Å²) in [6, 6.07) is 12.8. The summed E-state index contributed by atoms with van der Waals surface area (Å²) in [5.74, 6) is 0.954. The zero-order valence-electron chi connectivity index (χ0n) is 14.2. The lowest BCUT2D eigenvalue weighted by Gasteiger charge is -2.23. The summed E-state index contributed by atoms with van der Waals surface area (Å²) in [7, 11) is 1.67.